The summed E-state index contributed by atoms with van der Waals surface area (Å²) in [6.45, 7) is 1.92. The highest BCUT2D eigenvalue weighted by Crippen LogP contribution is 2.35. The zero-order valence-electron chi connectivity index (χ0n) is 14.1. The standard InChI is InChI=1S/C17H20N2O6S/c1-2-11-3-5-13(6-4-11)26(24,25)19-8-7-18-17(23)12-9-14(20)16(22)15(21)10-12/h3-6,9-10,19-22H,2,7-8H2,1H3,(H,18,23). The van der Waals surface area contributed by atoms with Crippen LogP contribution < -0.4 is 10.0 Å². The predicted octanol–water partition coefficient (Wildman–Crippen LogP) is 1.07. The molecule has 0 unspecified atom stereocenters. The molecule has 2 aromatic carbocycles. The first-order chi connectivity index (χ1) is 12.2. The van der Waals surface area contributed by atoms with E-state index in [0.29, 0.717) is 0 Å². The van der Waals surface area contributed by atoms with Crippen molar-refractivity contribution in [3.8, 4) is 17.2 Å². The highest BCUT2D eigenvalue weighted by atomic mass is 32.2. The molecule has 0 atom stereocenters. The van der Waals surface area contributed by atoms with Gasteiger partial charge >= 0.3 is 0 Å². The summed E-state index contributed by atoms with van der Waals surface area (Å²) in [6, 6.07) is 8.48. The third kappa shape index (κ3) is 4.64. The maximum atomic E-state index is 12.2. The average Bonchev–Trinajstić information content (AvgIpc) is 2.62. The number of hydrogen-bond donors (Lipinski definition) is 5. The first kappa shape index (κ1) is 19.5. The van der Waals surface area contributed by atoms with Crippen LogP contribution in [0.4, 0.5) is 0 Å². The number of amides is 1. The minimum Gasteiger partial charge on any atom is -0.504 e. The van der Waals surface area contributed by atoms with Crippen molar-refractivity contribution in [3.05, 3.63) is 47.5 Å². The molecule has 0 heterocycles. The van der Waals surface area contributed by atoms with E-state index in [1.165, 1.54) is 12.1 Å². The number of aromatic hydroxyl groups is 3. The van der Waals surface area contributed by atoms with Crippen molar-refractivity contribution in [1.82, 2.24) is 10.0 Å². The minimum absolute atomic E-state index is 0.00644. The predicted molar refractivity (Wildman–Crippen MR) is 94.8 cm³/mol. The number of carbonyl (C=O) groups excluding carboxylic acids is 1. The molecule has 0 saturated heterocycles. The second kappa shape index (κ2) is 8.07. The van der Waals surface area contributed by atoms with E-state index in [1.807, 2.05) is 6.92 Å². The molecule has 140 valence electrons. The van der Waals surface area contributed by atoms with E-state index in [4.69, 9.17) is 0 Å². The van der Waals surface area contributed by atoms with Gasteiger partial charge in [-0.3, -0.25) is 4.79 Å². The minimum atomic E-state index is -3.68. The summed E-state index contributed by atoms with van der Waals surface area (Å²) >= 11 is 0. The van der Waals surface area contributed by atoms with Crippen molar-refractivity contribution in [3.63, 3.8) is 0 Å². The molecule has 1 amide bonds. The van der Waals surface area contributed by atoms with E-state index in [0.717, 1.165) is 24.1 Å². The molecule has 8 nitrogen and oxygen atoms in total. The molecule has 9 heteroatoms. The fourth-order valence-electron chi connectivity index (χ4n) is 2.19. The Morgan fingerprint density at radius 2 is 1.58 bits per heavy atom. The molecule has 0 aliphatic carbocycles. The Kier molecular flexibility index (Phi) is 6.06. The van der Waals surface area contributed by atoms with Crippen LogP contribution in [-0.4, -0.2) is 42.7 Å². The van der Waals surface area contributed by atoms with Crippen molar-refractivity contribution in [2.24, 2.45) is 0 Å². The van der Waals surface area contributed by atoms with Gasteiger partial charge in [-0.05, 0) is 36.2 Å². The quantitative estimate of drug-likeness (QED) is 0.360. The van der Waals surface area contributed by atoms with E-state index in [-0.39, 0.29) is 23.5 Å². The van der Waals surface area contributed by atoms with Crippen molar-refractivity contribution < 1.29 is 28.5 Å². The Balaban J connectivity index is 1.90. The lowest BCUT2D eigenvalue weighted by Gasteiger charge is -2.09. The van der Waals surface area contributed by atoms with Gasteiger partial charge in [-0.15, -0.1) is 0 Å². The molecule has 2 rings (SSSR count). The number of nitrogens with one attached hydrogen (secondary N) is 2. The molecule has 0 spiro atoms. The lowest BCUT2D eigenvalue weighted by molar-refractivity contribution is 0.0953. The van der Waals surface area contributed by atoms with Gasteiger partial charge in [-0.2, -0.15) is 0 Å². The number of sulfonamides is 1. The molecule has 2 aromatic rings. The van der Waals surface area contributed by atoms with Gasteiger partial charge in [0.2, 0.25) is 10.0 Å². The maximum Gasteiger partial charge on any atom is 0.251 e. The second-order valence-corrected chi connectivity index (χ2v) is 7.28. The molecule has 5 N–H and O–H groups in total. The van der Waals surface area contributed by atoms with Gasteiger partial charge in [0.1, 0.15) is 0 Å². The molecule has 0 fully saturated rings. The third-order valence-electron chi connectivity index (χ3n) is 3.68. The Labute approximate surface area is 151 Å². The topological polar surface area (TPSA) is 136 Å². The number of carbonyl (C=O) groups is 1. The lowest BCUT2D eigenvalue weighted by Crippen LogP contribution is -2.34. The molecular formula is C17H20N2O6S. The van der Waals surface area contributed by atoms with Crippen LogP contribution in [-0.2, 0) is 16.4 Å². The Morgan fingerprint density at radius 3 is 2.12 bits per heavy atom. The number of benzene rings is 2. The fourth-order valence-corrected chi connectivity index (χ4v) is 3.22. The smallest absolute Gasteiger partial charge is 0.251 e. The summed E-state index contributed by atoms with van der Waals surface area (Å²) in [5.41, 5.74) is 0.951. The van der Waals surface area contributed by atoms with E-state index >= 15 is 0 Å². The van der Waals surface area contributed by atoms with Gasteiger partial charge in [0, 0.05) is 18.7 Å². The van der Waals surface area contributed by atoms with Crippen molar-refractivity contribution in [2.45, 2.75) is 18.2 Å². The number of hydrogen-bond acceptors (Lipinski definition) is 6. The molecule has 0 aliphatic rings. The van der Waals surface area contributed by atoms with Crippen LogP contribution in [0.1, 0.15) is 22.8 Å². The van der Waals surface area contributed by atoms with Crippen LogP contribution in [0.15, 0.2) is 41.3 Å². The van der Waals surface area contributed by atoms with Crippen LogP contribution in [0.25, 0.3) is 0 Å². The van der Waals surface area contributed by atoms with Crippen LogP contribution in [0.3, 0.4) is 0 Å². The van der Waals surface area contributed by atoms with E-state index in [2.05, 4.69) is 10.0 Å². The van der Waals surface area contributed by atoms with E-state index in [1.54, 1.807) is 12.1 Å². The van der Waals surface area contributed by atoms with Crippen LogP contribution >= 0.6 is 0 Å². The summed E-state index contributed by atoms with van der Waals surface area (Å²) in [5, 5.41) is 30.5. The molecule has 0 aromatic heterocycles. The first-order valence-corrected chi connectivity index (χ1v) is 9.34. The second-order valence-electron chi connectivity index (χ2n) is 5.51. The average molecular weight is 380 g/mol. The fraction of sp³-hybridized carbons (Fsp3) is 0.235. The molecule has 0 saturated carbocycles. The SMILES string of the molecule is CCc1ccc(S(=O)(=O)NCCNC(=O)c2cc(O)c(O)c(O)c2)cc1. The van der Waals surface area contributed by atoms with Gasteiger partial charge in [0.15, 0.2) is 17.2 Å². The molecule has 26 heavy (non-hydrogen) atoms. The van der Waals surface area contributed by atoms with Crippen molar-refractivity contribution in [1.29, 1.82) is 0 Å². The number of phenols is 3. The van der Waals surface area contributed by atoms with Crippen molar-refractivity contribution in [2.75, 3.05) is 13.1 Å². The van der Waals surface area contributed by atoms with Gasteiger partial charge in [-0.25, -0.2) is 13.1 Å². The first-order valence-electron chi connectivity index (χ1n) is 7.86. The highest BCUT2D eigenvalue weighted by Gasteiger charge is 2.15. The zero-order valence-corrected chi connectivity index (χ0v) is 14.9. The summed E-state index contributed by atoms with van der Waals surface area (Å²) in [5.74, 6) is -2.62. The van der Waals surface area contributed by atoms with E-state index < -0.39 is 33.2 Å². The van der Waals surface area contributed by atoms with Gasteiger partial charge < -0.3 is 20.6 Å². The zero-order chi connectivity index (χ0) is 19.3. The highest BCUT2D eigenvalue weighted by molar-refractivity contribution is 7.89. The van der Waals surface area contributed by atoms with E-state index in [9.17, 15) is 28.5 Å². The van der Waals surface area contributed by atoms with Crippen LogP contribution in [0.2, 0.25) is 0 Å². The number of rotatable bonds is 7. The summed E-state index contributed by atoms with van der Waals surface area (Å²) < 4.78 is 26.7. The van der Waals surface area contributed by atoms with Crippen LogP contribution in [0.5, 0.6) is 17.2 Å². The summed E-state index contributed by atoms with van der Waals surface area (Å²) in [4.78, 5) is 12.1. The molecule has 0 aliphatic heterocycles. The van der Waals surface area contributed by atoms with Crippen LogP contribution in [0, 0.1) is 0 Å². The summed E-state index contributed by atoms with van der Waals surface area (Å²) in [6.07, 6.45) is 0.808. The molecule has 0 radical (unpaired) electrons. The largest absolute Gasteiger partial charge is 0.504 e. The van der Waals surface area contributed by atoms with Crippen molar-refractivity contribution >= 4 is 15.9 Å². The Morgan fingerprint density at radius 1 is 1.00 bits per heavy atom. The number of phenolic OH excluding ortho intramolecular Hbond substituents is 3. The summed E-state index contributed by atoms with van der Waals surface area (Å²) in [7, 11) is -3.68. The maximum absolute atomic E-state index is 12.2. The normalized spacial score (nSPS) is 11.3. The Hall–Kier alpha value is -2.78. The van der Waals surface area contributed by atoms with Gasteiger partial charge in [0.25, 0.3) is 5.91 Å². The Bertz CT molecular complexity index is 871. The third-order valence-corrected chi connectivity index (χ3v) is 5.15. The molecular weight excluding hydrogens is 360 g/mol. The van der Waals surface area contributed by atoms with Gasteiger partial charge in [-0.1, -0.05) is 19.1 Å². The monoisotopic (exact) mass is 380 g/mol. The molecule has 0 bridgehead atoms. The van der Waals surface area contributed by atoms with Gasteiger partial charge in [0.05, 0.1) is 4.90 Å². The lowest BCUT2D eigenvalue weighted by atomic mass is 10.1. The number of aryl methyl sites for hydroxylation is 1.